The molecule has 2 N–H and O–H groups in total. The van der Waals surface area contributed by atoms with Gasteiger partial charge in [0.1, 0.15) is 0 Å². The number of hydrazine groups is 1. The Morgan fingerprint density at radius 3 is 2.38 bits per heavy atom. The minimum absolute atomic E-state index is 0.0472. The maximum absolute atomic E-state index is 10.7. The van der Waals surface area contributed by atoms with Crippen molar-refractivity contribution < 1.29 is 9.76 Å². The smallest absolute Gasteiger partial charge is 0.269 e. The molecule has 0 radical (unpaired) electrons. The van der Waals surface area contributed by atoms with Gasteiger partial charge in [0.15, 0.2) is 5.84 Å². The van der Waals surface area contributed by atoms with Gasteiger partial charge in [-0.05, 0) is 25.0 Å². The van der Waals surface area contributed by atoms with Crippen LogP contribution >= 0.6 is 0 Å². The first-order valence-corrected chi connectivity index (χ1v) is 7.18. The van der Waals surface area contributed by atoms with Crippen LogP contribution in [-0.2, 0) is 4.84 Å². The molecule has 7 heteroatoms. The number of rotatable bonds is 2. The standard InChI is InChI=1S/C14H18N4O3/c15-17-13(11-5-7-12(8-6-11)18(19)20)16-21-14(17)9-3-1-2-4-10-14/h5-8H,1-4,9-10,15H2. The van der Waals surface area contributed by atoms with Crippen LogP contribution in [0.15, 0.2) is 29.4 Å². The van der Waals surface area contributed by atoms with E-state index in [-0.39, 0.29) is 5.69 Å². The highest BCUT2D eigenvalue weighted by molar-refractivity contribution is 5.99. The summed E-state index contributed by atoms with van der Waals surface area (Å²) in [5.74, 6) is 6.77. The van der Waals surface area contributed by atoms with Gasteiger partial charge in [-0.25, -0.2) is 10.9 Å². The first-order chi connectivity index (χ1) is 10.1. The highest BCUT2D eigenvalue weighted by atomic mass is 16.7. The maximum Gasteiger partial charge on any atom is 0.269 e. The Kier molecular flexibility index (Phi) is 3.50. The molecule has 1 fully saturated rings. The summed E-state index contributed by atoms with van der Waals surface area (Å²) in [6, 6.07) is 6.19. The summed E-state index contributed by atoms with van der Waals surface area (Å²) in [6.45, 7) is 0. The summed E-state index contributed by atoms with van der Waals surface area (Å²) in [4.78, 5) is 15.9. The molecule has 0 bridgehead atoms. The third-order valence-corrected chi connectivity index (χ3v) is 4.19. The quantitative estimate of drug-likeness (QED) is 0.513. The van der Waals surface area contributed by atoms with Crippen molar-refractivity contribution in [2.24, 2.45) is 11.0 Å². The average Bonchev–Trinajstić information content (AvgIpc) is 2.67. The van der Waals surface area contributed by atoms with E-state index in [4.69, 9.17) is 10.7 Å². The Bertz CT molecular complexity index is 562. The number of benzene rings is 1. The van der Waals surface area contributed by atoms with Gasteiger partial charge in [-0.2, -0.15) is 0 Å². The summed E-state index contributed by atoms with van der Waals surface area (Å²) in [6.07, 6.45) is 6.21. The lowest BCUT2D eigenvalue weighted by molar-refractivity contribution is -0.384. The highest BCUT2D eigenvalue weighted by Gasteiger charge is 2.45. The number of hydrogen-bond donors (Lipinski definition) is 1. The first-order valence-electron chi connectivity index (χ1n) is 7.18. The number of nitrogens with two attached hydrogens (primary N) is 1. The Morgan fingerprint density at radius 1 is 1.19 bits per heavy atom. The van der Waals surface area contributed by atoms with Crippen LogP contribution in [0.3, 0.4) is 0 Å². The van der Waals surface area contributed by atoms with Crippen LogP contribution in [0.1, 0.15) is 44.1 Å². The van der Waals surface area contributed by atoms with E-state index in [9.17, 15) is 10.1 Å². The molecular formula is C14H18N4O3. The molecule has 0 aromatic heterocycles. The second-order valence-corrected chi connectivity index (χ2v) is 5.54. The summed E-state index contributed by atoms with van der Waals surface area (Å²) < 4.78 is 0. The molecule has 3 rings (SSSR count). The predicted molar refractivity (Wildman–Crippen MR) is 77.2 cm³/mol. The number of nitro benzene ring substituents is 1. The van der Waals surface area contributed by atoms with Crippen molar-refractivity contribution in [1.82, 2.24) is 5.01 Å². The van der Waals surface area contributed by atoms with E-state index in [1.807, 2.05) is 0 Å². The Hall–Kier alpha value is -2.15. The predicted octanol–water partition coefficient (Wildman–Crippen LogP) is 2.51. The van der Waals surface area contributed by atoms with Crippen molar-refractivity contribution in [2.45, 2.75) is 44.2 Å². The second kappa shape index (κ2) is 5.33. The molecule has 1 aromatic carbocycles. The minimum Gasteiger partial charge on any atom is -0.364 e. The fraction of sp³-hybridized carbons (Fsp3) is 0.500. The Balaban J connectivity index is 1.82. The van der Waals surface area contributed by atoms with Gasteiger partial charge in [-0.15, -0.1) is 0 Å². The van der Waals surface area contributed by atoms with Gasteiger partial charge in [0.05, 0.1) is 4.92 Å². The largest absolute Gasteiger partial charge is 0.364 e. The third kappa shape index (κ3) is 2.44. The molecule has 112 valence electrons. The van der Waals surface area contributed by atoms with E-state index < -0.39 is 10.6 Å². The highest BCUT2D eigenvalue weighted by Crippen LogP contribution is 2.36. The van der Waals surface area contributed by atoms with Crippen LogP contribution in [0.25, 0.3) is 0 Å². The van der Waals surface area contributed by atoms with Crippen LogP contribution in [0, 0.1) is 10.1 Å². The van der Waals surface area contributed by atoms with E-state index in [2.05, 4.69) is 5.16 Å². The first kappa shape index (κ1) is 13.8. The number of nitrogens with zero attached hydrogens (tertiary/aromatic N) is 3. The van der Waals surface area contributed by atoms with Crippen molar-refractivity contribution in [1.29, 1.82) is 0 Å². The molecule has 1 aliphatic carbocycles. The Morgan fingerprint density at radius 2 is 1.81 bits per heavy atom. The lowest BCUT2D eigenvalue weighted by atomic mass is 10.0. The number of oxime groups is 1. The molecule has 2 aliphatic rings. The molecule has 1 spiro atoms. The topological polar surface area (TPSA) is 94.0 Å². The molecule has 1 saturated carbocycles. The SMILES string of the molecule is NN1C(c2ccc([N+](=O)[O-])cc2)=NOC12CCCCCC2. The van der Waals surface area contributed by atoms with Gasteiger partial charge in [-0.3, -0.25) is 10.1 Å². The number of amidine groups is 1. The summed E-state index contributed by atoms with van der Waals surface area (Å²) in [7, 11) is 0. The van der Waals surface area contributed by atoms with Gasteiger partial charge >= 0.3 is 0 Å². The molecule has 1 aliphatic heterocycles. The molecule has 0 amide bonds. The van der Waals surface area contributed by atoms with Crippen LogP contribution < -0.4 is 5.84 Å². The zero-order valence-corrected chi connectivity index (χ0v) is 11.7. The molecular weight excluding hydrogens is 272 g/mol. The lowest BCUT2D eigenvalue weighted by Gasteiger charge is -2.33. The van der Waals surface area contributed by atoms with E-state index in [0.717, 1.165) is 31.2 Å². The lowest BCUT2D eigenvalue weighted by Crippen LogP contribution is -2.52. The van der Waals surface area contributed by atoms with Gasteiger partial charge < -0.3 is 4.84 Å². The van der Waals surface area contributed by atoms with E-state index in [0.29, 0.717) is 5.84 Å². The van der Waals surface area contributed by atoms with E-state index in [1.54, 1.807) is 17.1 Å². The molecule has 1 heterocycles. The monoisotopic (exact) mass is 290 g/mol. The fourth-order valence-corrected chi connectivity index (χ4v) is 2.95. The average molecular weight is 290 g/mol. The van der Waals surface area contributed by atoms with Crippen LogP contribution in [0.5, 0.6) is 0 Å². The minimum atomic E-state index is -0.548. The van der Waals surface area contributed by atoms with E-state index in [1.165, 1.54) is 25.0 Å². The van der Waals surface area contributed by atoms with Crippen LogP contribution in [-0.4, -0.2) is 21.5 Å². The molecule has 0 atom stereocenters. The summed E-state index contributed by atoms with van der Waals surface area (Å²) in [5, 5.41) is 16.4. The van der Waals surface area contributed by atoms with Crippen molar-refractivity contribution >= 4 is 11.5 Å². The van der Waals surface area contributed by atoms with Crippen LogP contribution in [0.4, 0.5) is 5.69 Å². The molecule has 0 unspecified atom stereocenters. The van der Waals surface area contributed by atoms with Crippen molar-refractivity contribution in [3.63, 3.8) is 0 Å². The van der Waals surface area contributed by atoms with Gasteiger partial charge in [0.25, 0.3) is 5.69 Å². The molecule has 0 saturated heterocycles. The zero-order chi connectivity index (χ0) is 14.9. The summed E-state index contributed by atoms with van der Waals surface area (Å²) >= 11 is 0. The fourth-order valence-electron chi connectivity index (χ4n) is 2.95. The third-order valence-electron chi connectivity index (χ3n) is 4.19. The van der Waals surface area contributed by atoms with Crippen LogP contribution in [0.2, 0.25) is 0 Å². The number of nitro groups is 1. The van der Waals surface area contributed by atoms with Gasteiger partial charge in [0.2, 0.25) is 5.72 Å². The van der Waals surface area contributed by atoms with Crippen molar-refractivity contribution in [3.05, 3.63) is 39.9 Å². The molecule has 21 heavy (non-hydrogen) atoms. The summed E-state index contributed by atoms with van der Waals surface area (Å²) in [5.41, 5.74) is 0.225. The van der Waals surface area contributed by atoms with Crippen molar-refractivity contribution in [2.75, 3.05) is 0 Å². The second-order valence-electron chi connectivity index (χ2n) is 5.54. The number of non-ortho nitro benzene ring substituents is 1. The van der Waals surface area contributed by atoms with Crippen molar-refractivity contribution in [3.8, 4) is 0 Å². The van der Waals surface area contributed by atoms with Gasteiger partial charge in [0, 0.05) is 30.5 Å². The molecule has 1 aromatic rings. The van der Waals surface area contributed by atoms with E-state index >= 15 is 0 Å². The maximum atomic E-state index is 10.7. The zero-order valence-electron chi connectivity index (χ0n) is 11.7. The number of hydrogen-bond acceptors (Lipinski definition) is 6. The normalized spacial score (nSPS) is 20.8. The molecule has 7 nitrogen and oxygen atoms in total. The Labute approximate surface area is 122 Å². The van der Waals surface area contributed by atoms with Gasteiger partial charge in [-0.1, -0.05) is 18.0 Å².